The summed E-state index contributed by atoms with van der Waals surface area (Å²) in [5.74, 6) is -0.216. The molecule has 0 aliphatic carbocycles. The second kappa shape index (κ2) is 9.40. The second-order valence-electron chi connectivity index (χ2n) is 4.10. The minimum Gasteiger partial charge on any atom is -0.499 e. The third kappa shape index (κ3) is 6.82. The van der Waals surface area contributed by atoms with Crippen molar-refractivity contribution in [3.63, 3.8) is 0 Å². The topological polar surface area (TPSA) is 26.3 Å². The van der Waals surface area contributed by atoms with Crippen LogP contribution in [0.1, 0.15) is 25.3 Å². The van der Waals surface area contributed by atoms with Crippen molar-refractivity contribution >= 4 is 17.4 Å². The molecule has 3 heteroatoms. The van der Waals surface area contributed by atoms with E-state index in [1.54, 1.807) is 6.08 Å². The molecule has 0 radical (unpaired) electrons. The van der Waals surface area contributed by atoms with Crippen molar-refractivity contribution in [1.82, 2.24) is 0 Å². The molecule has 19 heavy (non-hydrogen) atoms. The minimum atomic E-state index is -0.216. The quantitative estimate of drug-likeness (QED) is 0.404. The predicted octanol–water partition coefficient (Wildman–Crippen LogP) is 4.25. The zero-order chi connectivity index (χ0) is 13.9. The van der Waals surface area contributed by atoms with Crippen LogP contribution in [-0.4, -0.2) is 12.4 Å². The van der Waals surface area contributed by atoms with Gasteiger partial charge >= 0.3 is 0 Å². The number of benzene rings is 1. The molecule has 2 nitrogen and oxygen atoms in total. The molecule has 0 heterocycles. The highest BCUT2D eigenvalue weighted by molar-refractivity contribution is 6.44. The number of halogens is 1. The Bertz CT molecular complexity index is 435. The molecule has 1 rings (SSSR count). The number of aryl methyl sites for hydroxylation is 1. The summed E-state index contributed by atoms with van der Waals surface area (Å²) in [6.07, 6.45) is 7.22. The molecule has 0 aromatic heterocycles. The molecule has 0 aliphatic heterocycles. The van der Waals surface area contributed by atoms with Gasteiger partial charge in [-0.05, 0) is 30.9 Å². The zero-order valence-electron chi connectivity index (χ0n) is 11.1. The molecule has 1 aromatic rings. The minimum absolute atomic E-state index is 0.115. The highest BCUT2D eigenvalue weighted by Gasteiger charge is 2.01. The molecule has 1 aromatic carbocycles. The van der Waals surface area contributed by atoms with E-state index in [9.17, 15) is 4.79 Å². The van der Waals surface area contributed by atoms with Crippen molar-refractivity contribution in [1.29, 1.82) is 0 Å². The van der Waals surface area contributed by atoms with Crippen LogP contribution in [-0.2, 0) is 16.0 Å². The Kier molecular flexibility index (Phi) is 7.68. The summed E-state index contributed by atoms with van der Waals surface area (Å²) >= 11 is 5.80. The van der Waals surface area contributed by atoms with Gasteiger partial charge in [-0.1, -0.05) is 54.9 Å². The maximum atomic E-state index is 11.4. The van der Waals surface area contributed by atoms with Crippen molar-refractivity contribution in [2.45, 2.75) is 26.2 Å². The summed E-state index contributed by atoms with van der Waals surface area (Å²) in [5, 5.41) is 0.115. The van der Waals surface area contributed by atoms with E-state index in [2.05, 4.69) is 12.1 Å². The van der Waals surface area contributed by atoms with E-state index in [-0.39, 0.29) is 10.8 Å². The van der Waals surface area contributed by atoms with Crippen LogP contribution in [0.5, 0.6) is 0 Å². The van der Waals surface area contributed by atoms with Crippen LogP contribution >= 0.6 is 11.6 Å². The molecule has 0 N–H and O–H groups in total. The average Bonchev–Trinajstić information content (AvgIpc) is 2.45. The van der Waals surface area contributed by atoms with Gasteiger partial charge in [0.2, 0.25) is 0 Å². The molecule has 0 amide bonds. The summed E-state index contributed by atoms with van der Waals surface area (Å²) in [6, 6.07) is 10.2. The summed E-state index contributed by atoms with van der Waals surface area (Å²) in [6.45, 7) is 2.51. The van der Waals surface area contributed by atoms with Gasteiger partial charge < -0.3 is 4.74 Å². The van der Waals surface area contributed by atoms with E-state index in [1.165, 1.54) is 17.9 Å². The first-order valence-corrected chi connectivity index (χ1v) is 6.84. The van der Waals surface area contributed by atoms with Crippen molar-refractivity contribution in [2.24, 2.45) is 0 Å². The Hall–Kier alpha value is -1.54. The first-order valence-electron chi connectivity index (χ1n) is 6.46. The Morgan fingerprint density at radius 1 is 1.32 bits per heavy atom. The SMILES string of the molecule is CC/C=C/C(=O)/C(Cl)=C/OCCCc1ccccc1. The van der Waals surface area contributed by atoms with E-state index in [4.69, 9.17) is 16.3 Å². The molecule has 0 saturated carbocycles. The van der Waals surface area contributed by atoms with Crippen LogP contribution in [0.2, 0.25) is 0 Å². The van der Waals surface area contributed by atoms with E-state index in [0.717, 1.165) is 19.3 Å². The van der Waals surface area contributed by atoms with Crippen LogP contribution in [0.25, 0.3) is 0 Å². The fourth-order valence-electron chi connectivity index (χ4n) is 1.50. The normalized spacial score (nSPS) is 11.8. The molecular weight excluding hydrogens is 260 g/mol. The first-order chi connectivity index (χ1) is 9.24. The summed E-state index contributed by atoms with van der Waals surface area (Å²) < 4.78 is 5.27. The summed E-state index contributed by atoms with van der Waals surface area (Å²) in [4.78, 5) is 11.4. The molecule has 0 aliphatic rings. The fraction of sp³-hybridized carbons (Fsp3) is 0.312. The summed E-state index contributed by atoms with van der Waals surface area (Å²) in [7, 11) is 0. The zero-order valence-corrected chi connectivity index (χ0v) is 11.9. The number of hydrogen-bond acceptors (Lipinski definition) is 2. The van der Waals surface area contributed by atoms with Gasteiger partial charge in [0.1, 0.15) is 11.3 Å². The van der Waals surface area contributed by atoms with E-state index in [1.807, 2.05) is 25.1 Å². The lowest BCUT2D eigenvalue weighted by molar-refractivity contribution is -0.110. The molecular formula is C16H19ClO2. The van der Waals surface area contributed by atoms with Gasteiger partial charge in [-0.15, -0.1) is 0 Å². The van der Waals surface area contributed by atoms with Crippen LogP contribution in [0, 0.1) is 0 Å². The van der Waals surface area contributed by atoms with Crippen LogP contribution < -0.4 is 0 Å². The first kappa shape index (κ1) is 15.5. The Balaban J connectivity index is 2.22. The van der Waals surface area contributed by atoms with Crippen molar-refractivity contribution in [3.05, 3.63) is 59.3 Å². The maximum absolute atomic E-state index is 11.4. The summed E-state index contributed by atoms with van der Waals surface area (Å²) in [5.41, 5.74) is 1.28. The van der Waals surface area contributed by atoms with Gasteiger partial charge in [0, 0.05) is 0 Å². The molecule has 0 saturated heterocycles. The molecule has 0 unspecified atom stereocenters. The van der Waals surface area contributed by atoms with Crippen molar-refractivity contribution < 1.29 is 9.53 Å². The maximum Gasteiger partial charge on any atom is 0.199 e. The lowest BCUT2D eigenvalue weighted by Gasteiger charge is -2.02. The van der Waals surface area contributed by atoms with Gasteiger partial charge in [-0.2, -0.15) is 0 Å². The molecule has 0 spiro atoms. The Morgan fingerprint density at radius 3 is 2.74 bits per heavy atom. The lowest BCUT2D eigenvalue weighted by Crippen LogP contribution is -1.96. The third-order valence-electron chi connectivity index (χ3n) is 2.50. The Labute approximate surface area is 119 Å². The van der Waals surface area contributed by atoms with Crippen LogP contribution in [0.15, 0.2) is 53.8 Å². The van der Waals surface area contributed by atoms with E-state index in [0.29, 0.717) is 6.61 Å². The van der Waals surface area contributed by atoms with Crippen LogP contribution in [0.4, 0.5) is 0 Å². The number of ether oxygens (including phenoxy) is 1. The monoisotopic (exact) mass is 278 g/mol. The highest BCUT2D eigenvalue weighted by atomic mass is 35.5. The number of carbonyl (C=O) groups is 1. The molecule has 0 bridgehead atoms. The second-order valence-corrected chi connectivity index (χ2v) is 4.51. The third-order valence-corrected chi connectivity index (χ3v) is 2.77. The number of rotatable bonds is 8. The fourth-order valence-corrected chi connectivity index (χ4v) is 1.62. The van der Waals surface area contributed by atoms with Gasteiger partial charge in [0.05, 0.1) is 6.61 Å². The van der Waals surface area contributed by atoms with Crippen molar-refractivity contribution in [2.75, 3.05) is 6.61 Å². The highest BCUT2D eigenvalue weighted by Crippen LogP contribution is 2.06. The number of hydrogen-bond donors (Lipinski definition) is 0. The number of carbonyl (C=O) groups excluding carboxylic acids is 1. The standard InChI is InChI=1S/C16H19ClO2/c1-2-3-11-16(18)15(17)13-19-12-7-10-14-8-5-4-6-9-14/h3-6,8-9,11,13H,2,7,10,12H2,1H3/b11-3+,15-13-. The molecule has 0 atom stereocenters. The number of ketones is 1. The lowest BCUT2D eigenvalue weighted by atomic mass is 10.1. The van der Waals surface area contributed by atoms with E-state index >= 15 is 0 Å². The predicted molar refractivity (Wildman–Crippen MR) is 79.1 cm³/mol. The van der Waals surface area contributed by atoms with Gasteiger partial charge in [0.15, 0.2) is 5.78 Å². The Morgan fingerprint density at radius 2 is 2.05 bits per heavy atom. The average molecular weight is 279 g/mol. The molecule has 102 valence electrons. The largest absolute Gasteiger partial charge is 0.499 e. The van der Waals surface area contributed by atoms with Gasteiger partial charge in [-0.25, -0.2) is 0 Å². The van der Waals surface area contributed by atoms with Crippen molar-refractivity contribution in [3.8, 4) is 0 Å². The van der Waals surface area contributed by atoms with Gasteiger partial charge in [0.25, 0.3) is 0 Å². The van der Waals surface area contributed by atoms with E-state index < -0.39 is 0 Å². The smallest absolute Gasteiger partial charge is 0.199 e. The molecule has 0 fully saturated rings. The van der Waals surface area contributed by atoms with Gasteiger partial charge in [-0.3, -0.25) is 4.79 Å². The van der Waals surface area contributed by atoms with Crippen LogP contribution in [0.3, 0.4) is 0 Å². The number of allylic oxidation sites excluding steroid dienone is 3.